The quantitative estimate of drug-likeness (QED) is 0.334. The summed E-state index contributed by atoms with van der Waals surface area (Å²) < 4.78 is 55.0. The molecule has 1 aliphatic carbocycles. The molecule has 1 saturated heterocycles. The fraction of sp³-hybridized carbons (Fsp3) is 0.379. The Morgan fingerprint density at radius 1 is 0.882 bits per heavy atom. The lowest BCUT2D eigenvalue weighted by atomic mass is 9.82. The van der Waals surface area contributed by atoms with Crippen molar-refractivity contribution < 1.29 is 22.6 Å². The number of epoxide rings is 1. The van der Waals surface area contributed by atoms with Gasteiger partial charge in [0.05, 0.1) is 19.3 Å². The van der Waals surface area contributed by atoms with E-state index in [0.717, 1.165) is 43.2 Å². The first-order valence-electron chi connectivity index (χ1n) is 12.1. The van der Waals surface area contributed by atoms with Crippen LogP contribution < -0.4 is 0 Å². The number of hydrogen-bond acceptors (Lipinski definition) is 2. The highest BCUT2D eigenvalue weighted by Crippen LogP contribution is 2.38. The summed E-state index contributed by atoms with van der Waals surface area (Å²) in [6.45, 7) is 2.69. The van der Waals surface area contributed by atoms with Gasteiger partial charge < -0.3 is 9.47 Å². The standard InChI is InChI=1S/C29H29F3O2/c1-2-18-3-5-20(6-4-18)24-13-10-22(28(31)29(24)32)16-33-23-11-7-19(8-12-23)21-9-14-25(26(30)15-21)27-17-34-27/h3-6,9-10,13-15,19,23,27H,2,7-8,11-12,16-17H2,1H3. The lowest BCUT2D eigenvalue weighted by Crippen LogP contribution is -2.21. The predicted molar refractivity (Wildman–Crippen MR) is 126 cm³/mol. The van der Waals surface area contributed by atoms with Gasteiger partial charge in [-0.1, -0.05) is 55.5 Å². The fourth-order valence-electron chi connectivity index (χ4n) is 4.90. The number of ether oxygens (including phenoxy) is 2. The topological polar surface area (TPSA) is 21.8 Å². The van der Waals surface area contributed by atoms with Gasteiger partial charge in [-0.2, -0.15) is 0 Å². The van der Waals surface area contributed by atoms with Gasteiger partial charge in [0.2, 0.25) is 0 Å². The summed E-state index contributed by atoms with van der Waals surface area (Å²) in [5.41, 5.74) is 3.95. The summed E-state index contributed by atoms with van der Waals surface area (Å²) in [5, 5.41) is 0. The molecule has 0 aromatic heterocycles. The van der Waals surface area contributed by atoms with Crippen LogP contribution in [-0.2, 0) is 22.5 Å². The van der Waals surface area contributed by atoms with Crippen LogP contribution in [0.5, 0.6) is 0 Å². The van der Waals surface area contributed by atoms with E-state index in [-0.39, 0.29) is 41.7 Å². The van der Waals surface area contributed by atoms with Gasteiger partial charge in [0, 0.05) is 16.7 Å². The first-order valence-corrected chi connectivity index (χ1v) is 12.1. The average Bonchev–Trinajstić information content (AvgIpc) is 3.71. The summed E-state index contributed by atoms with van der Waals surface area (Å²) in [6, 6.07) is 16.2. The molecule has 1 atom stereocenters. The van der Waals surface area contributed by atoms with Crippen LogP contribution in [0.1, 0.15) is 66.9 Å². The van der Waals surface area contributed by atoms with E-state index in [1.54, 1.807) is 18.2 Å². The predicted octanol–water partition coefficient (Wildman–Crippen LogP) is 7.65. The van der Waals surface area contributed by atoms with E-state index in [9.17, 15) is 13.2 Å². The van der Waals surface area contributed by atoms with Crippen LogP contribution in [0.2, 0.25) is 0 Å². The van der Waals surface area contributed by atoms with Crippen LogP contribution in [0.25, 0.3) is 11.1 Å². The monoisotopic (exact) mass is 466 g/mol. The Morgan fingerprint density at radius 2 is 1.62 bits per heavy atom. The maximum atomic E-state index is 14.8. The zero-order chi connectivity index (χ0) is 23.7. The summed E-state index contributed by atoms with van der Waals surface area (Å²) in [7, 11) is 0. The molecular weight excluding hydrogens is 437 g/mol. The third-order valence-corrected chi connectivity index (χ3v) is 7.16. The van der Waals surface area contributed by atoms with E-state index in [0.29, 0.717) is 17.7 Å². The summed E-state index contributed by atoms with van der Waals surface area (Å²) >= 11 is 0. The normalized spacial score (nSPS) is 22.1. The van der Waals surface area contributed by atoms with Crippen LogP contribution in [0, 0.1) is 17.5 Å². The van der Waals surface area contributed by atoms with Crippen LogP contribution in [-0.4, -0.2) is 12.7 Å². The molecule has 2 nitrogen and oxygen atoms in total. The first-order chi connectivity index (χ1) is 16.5. The molecule has 178 valence electrons. The van der Waals surface area contributed by atoms with E-state index < -0.39 is 11.6 Å². The molecule has 0 bridgehead atoms. The molecule has 1 unspecified atom stereocenters. The largest absolute Gasteiger partial charge is 0.373 e. The highest BCUT2D eigenvalue weighted by Gasteiger charge is 2.29. The van der Waals surface area contributed by atoms with Crippen molar-refractivity contribution in [3.8, 4) is 11.1 Å². The maximum Gasteiger partial charge on any atom is 0.167 e. The molecule has 1 heterocycles. The molecule has 5 rings (SSSR count). The molecule has 2 aliphatic rings. The van der Waals surface area contributed by atoms with Gasteiger partial charge in [0.25, 0.3) is 0 Å². The summed E-state index contributed by atoms with van der Waals surface area (Å²) in [6.07, 6.45) is 4.19. The van der Waals surface area contributed by atoms with Gasteiger partial charge >= 0.3 is 0 Å². The van der Waals surface area contributed by atoms with Crippen LogP contribution >= 0.6 is 0 Å². The van der Waals surface area contributed by atoms with Crippen LogP contribution in [0.3, 0.4) is 0 Å². The van der Waals surface area contributed by atoms with Crippen molar-refractivity contribution in [1.29, 1.82) is 0 Å². The van der Waals surface area contributed by atoms with Crippen molar-refractivity contribution >= 4 is 0 Å². The van der Waals surface area contributed by atoms with E-state index >= 15 is 0 Å². The lowest BCUT2D eigenvalue weighted by molar-refractivity contribution is 0.0119. The minimum atomic E-state index is -0.846. The molecule has 1 aliphatic heterocycles. The van der Waals surface area contributed by atoms with Gasteiger partial charge in [-0.25, -0.2) is 13.2 Å². The van der Waals surface area contributed by atoms with E-state index in [2.05, 4.69) is 6.92 Å². The molecule has 2 fully saturated rings. The fourth-order valence-corrected chi connectivity index (χ4v) is 4.90. The summed E-state index contributed by atoms with van der Waals surface area (Å²) in [5.74, 6) is -1.59. The van der Waals surface area contributed by atoms with Crippen molar-refractivity contribution in [3.05, 3.63) is 94.3 Å². The molecule has 3 aromatic rings. The molecule has 0 amide bonds. The third kappa shape index (κ3) is 4.91. The Kier molecular flexibility index (Phi) is 6.75. The van der Waals surface area contributed by atoms with Gasteiger partial charge in [0.15, 0.2) is 11.6 Å². The van der Waals surface area contributed by atoms with Crippen molar-refractivity contribution in [2.75, 3.05) is 6.61 Å². The Bertz CT molecular complexity index is 1150. The van der Waals surface area contributed by atoms with Crippen molar-refractivity contribution in [2.45, 2.75) is 63.8 Å². The Hall–Kier alpha value is -2.63. The van der Waals surface area contributed by atoms with Gasteiger partial charge in [-0.3, -0.25) is 0 Å². The van der Waals surface area contributed by atoms with Crippen molar-refractivity contribution in [2.24, 2.45) is 0 Å². The second kappa shape index (κ2) is 9.93. The van der Waals surface area contributed by atoms with E-state index in [4.69, 9.17) is 9.47 Å². The Balaban J connectivity index is 1.17. The molecule has 3 aromatic carbocycles. The van der Waals surface area contributed by atoms with Gasteiger partial charge in [-0.15, -0.1) is 0 Å². The zero-order valence-corrected chi connectivity index (χ0v) is 19.3. The number of hydrogen-bond donors (Lipinski definition) is 0. The SMILES string of the molecule is CCc1ccc(-c2ccc(COC3CCC(c4ccc(C5CO5)c(F)c4)CC3)c(F)c2F)cc1. The molecule has 0 spiro atoms. The summed E-state index contributed by atoms with van der Waals surface area (Å²) in [4.78, 5) is 0. The Labute approximate surface area is 198 Å². The smallest absolute Gasteiger partial charge is 0.167 e. The average molecular weight is 467 g/mol. The zero-order valence-electron chi connectivity index (χ0n) is 19.3. The second-order valence-corrected chi connectivity index (χ2v) is 9.34. The molecule has 34 heavy (non-hydrogen) atoms. The maximum absolute atomic E-state index is 14.8. The van der Waals surface area contributed by atoms with E-state index in [1.165, 1.54) is 0 Å². The molecule has 1 saturated carbocycles. The molecule has 5 heteroatoms. The van der Waals surface area contributed by atoms with Crippen molar-refractivity contribution in [3.63, 3.8) is 0 Å². The van der Waals surface area contributed by atoms with Crippen LogP contribution in [0.4, 0.5) is 13.2 Å². The minimum absolute atomic E-state index is 0.0102. The van der Waals surface area contributed by atoms with E-state index in [1.807, 2.05) is 36.4 Å². The molecule has 0 N–H and O–H groups in total. The molecule has 0 radical (unpaired) electrons. The molecular formula is C29H29F3O2. The lowest BCUT2D eigenvalue weighted by Gasteiger charge is -2.29. The first kappa shape index (κ1) is 23.1. The minimum Gasteiger partial charge on any atom is -0.373 e. The highest BCUT2D eigenvalue weighted by molar-refractivity contribution is 5.65. The van der Waals surface area contributed by atoms with Gasteiger partial charge in [0.1, 0.15) is 11.9 Å². The third-order valence-electron chi connectivity index (χ3n) is 7.16. The number of rotatable bonds is 7. The van der Waals surface area contributed by atoms with Crippen LogP contribution in [0.15, 0.2) is 54.6 Å². The van der Waals surface area contributed by atoms with Crippen molar-refractivity contribution in [1.82, 2.24) is 0 Å². The number of halogens is 3. The Morgan fingerprint density at radius 3 is 2.26 bits per heavy atom. The van der Waals surface area contributed by atoms with Gasteiger partial charge in [-0.05, 0) is 60.8 Å². The number of aryl methyl sites for hydroxylation is 1. The highest BCUT2D eigenvalue weighted by atomic mass is 19.2. The second-order valence-electron chi connectivity index (χ2n) is 9.34. The number of benzene rings is 3.